The Morgan fingerprint density at radius 2 is 1.50 bits per heavy atom. The van der Waals surface area contributed by atoms with Crippen molar-refractivity contribution in [3.8, 4) is 0 Å². The second-order valence-corrected chi connectivity index (χ2v) is 6.12. The Hall–Kier alpha value is -2.04. The smallest absolute Gasteiger partial charge is 0.314 e. The number of carbonyl (C=O) groups is 2. The van der Waals surface area contributed by atoms with Gasteiger partial charge in [0.2, 0.25) is 0 Å². The highest BCUT2D eigenvalue weighted by Crippen LogP contribution is 2.29. The highest BCUT2D eigenvalue weighted by Gasteiger charge is 2.17. The molecule has 6 heteroatoms. The highest BCUT2D eigenvalue weighted by molar-refractivity contribution is 6.46. The molecule has 0 bridgehead atoms. The summed E-state index contributed by atoms with van der Waals surface area (Å²) in [5.41, 5.74) is 1.97. The fraction of sp³-hybridized carbons (Fsp3) is 0.222. The maximum Gasteiger partial charge on any atom is 0.314 e. The molecule has 0 aliphatic heterocycles. The summed E-state index contributed by atoms with van der Waals surface area (Å²) in [4.78, 5) is 24.0. The fourth-order valence-electron chi connectivity index (χ4n) is 2.11. The molecule has 126 valence electrons. The number of aryl methyl sites for hydroxylation is 1. The van der Waals surface area contributed by atoms with Crippen LogP contribution in [0.25, 0.3) is 0 Å². The Morgan fingerprint density at radius 1 is 0.917 bits per heavy atom. The minimum atomic E-state index is -0.833. The number of amides is 2. The van der Waals surface area contributed by atoms with E-state index >= 15 is 0 Å². The first kappa shape index (κ1) is 18.3. The summed E-state index contributed by atoms with van der Waals surface area (Å²) in [5.74, 6) is -1.62. The van der Waals surface area contributed by atoms with Crippen LogP contribution in [-0.4, -0.2) is 11.8 Å². The van der Waals surface area contributed by atoms with Gasteiger partial charge in [-0.25, -0.2) is 0 Å². The average molecular weight is 365 g/mol. The van der Waals surface area contributed by atoms with Crippen molar-refractivity contribution in [1.29, 1.82) is 0 Å². The van der Waals surface area contributed by atoms with Crippen molar-refractivity contribution in [1.82, 2.24) is 0 Å². The summed E-state index contributed by atoms with van der Waals surface area (Å²) in [6, 6.07) is 12.2. The molecule has 0 aromatic heterocycles. The van der Waals surface area contributed by atoms with E-state index in [4.69, 9.17) is 23.2 Å². The molecule has 24 heavy (non-hydrogen) atoms. The van der Waals surface area contributed by atoms with Gasteiger partial charge >= 0.3 is 11.8 Å². The quantitative estimate of drug-likeness (QED) is 0.740. The summed E-state index contributed by atoms with van der Waals surface area (Å²) in [7, 11) is 0. The van der Waals surface area contributed by atoms with Crippen LogP contribution in [0.2, 0.25) is 10.0 Å². The standard InChI is InChI=1S/C18H18Cl2N2O2/c1-2-3-5-12-8-10-13(11-9-12)21-17(23)18(24)22-16-14(19)6-4-7-15(16)20/h4,6-11H,2-3,5H2,1H3,(H,21,23)(H,22,24). The third kappa shape index (κ3) is 4.98. The van der Waals surface area contributed by atoms with E-state index in [2.05, 4.69) is 17.6 Å². The molecule has 2 N–H and O–H groups in total. The van der Waals surface area contributed by atoms with Crippen LogP contribution in [0.4, 0.5) is 11.4 Å². The highest BCUT2D eigenvalue weighted by atomic mass is 35.5. The van der Waals surface area contributed by atoms with Gasteiger partial charge in [-0.3, -0.25) is 9.59 Å². The molecule has 0 spiro atoms. The van der Waals surface area contributed by atoms with Crippen molar-refractivity contribution < 1.29 is 9.59 Å². The number of nitrogens with one attached hydrogen (secondary N) is 2. The van der Waals surface area contributed by atoms with Crippen LogP contribution in [0.1, 0.15) is 25.3 Å². The molecular weight excluding hydrogens is 347 g/mol. The van der Waals surface area contributed by atoms with E-state index in [1.165, 1.54) is 5.56 Å². The van der Waals surface area contributed by atoms with E-state index in [9.17, 15) is 9.59 Å². The molecule has 2 amide bonds. The molecule has 0 unspecified atom stereocenters. The minimum absolute atomic E-state index is 0.218. The average Bonchev–Trinajstić information content (AvgIpc) is 2.57. The van der Waals surface area contributed by atoms with Crippen molar-refractivity contribution in [2.75, 3.05) is 10.6 Å². The van der Waals surface area contributed by atoms with Crippen molar-refractivity contribution >= 4 is 46.4 Å². The maximum absolute atomic E-state index is 12.0. The Balaban J connectivity index is 1.97. The Labute approximate surface area is 151 Å². The molecular formula is C18H18Cl2N2O2. The van der Waals surface area contributed by atoms with Crippen LogP contribution < -0.4 is 10.6 Å². The van der Waals surface area contributed by atoms with Gasteiger partial charge in [0, 0.05) is 5.69 Å². The number of hydrogen-bond donors (Lipinski definition) is 2. The third-order valence-electron chi connectivity index (χ3n) is 3.44. The second kappa shape index (κ2) is 8.71. The molecule has 0 saturated carbocycles. The molecule has 2 rings (SSSR count). The predicted molar refractivity (Wildman–Crippen MR) is 98.8 cm³/mol. The zero-order valence-electron chi connectivity index (χ0n) is 13.2. The molecule has 0 heterocycles. The lowest BCUT2D eigenvalue weighted by molar-refractivity contribution is -0.132. The van der Waals surface area contributed by atoms with Gasteiger partial charge in [-0.1, -0.05) is 54.7 Å². The first-order valence-electron chi connectivity index (χ1n) is 7.66. The van der Waals surface area contributed by atoms with Gasteiger partial charge in [-0.2, -0.15) is 0 Å². The molecule has 0 aliphatic rings. The lowest BCUT2D eigenvalue weighted by Gasteiger charge is -2.09. The van der Waals surface area contributed by atoms with Gasteiger partial charge in [0.25, 0.3) is 0 Å². The monoisotopic (exact) mass is 364 g/mol. The van der Waals surface area contributed by atoms with Crippen molar-refractivity contribution in [2.24, 2.45) is 0 Å². The molecule has 0 radical (unpaired) electrons. The number of carbonyl (C=O) groups excluding carboxylic acids is 2. The first-order chi connectivity index (χ1) is 11.5. The Bertz CT molecular complexity index is 710. The summed E-state index contributed by atoms with van der Waals surface area (Å²) in [6.07, 6.45) is 3.24. The number of hydrogen-bond acceptors (Lipinski definition) is 2. The van der Waals surface area contributed by atoms with Gasteiger partial charge in [0.05, 0.1) is 15.7 Å². The zero-order valence-corrected chi connectivity index (χ0v) is 14.7. The summed E-state index contributed by atoms with van der Waals surface area (Å²) < 4.78 is 0. The van der Waals surface area contributed by atoms with E-state index < -0.39 is 11.8 Å². The van der Waals surface area contributed by atoms with Gasteiger partial charge < -0.3 is 10.6 Å². The van der Waals surface area contributed by atoms with E-state index in [0.29, 0.717) is 5.69 Å². The van der Waals surface area contributed by atoms with Gasteiger partial charge in [-0.05, 0) is 42.7 Å². The van der Waals surface area contributed by atoms with E-state index in [1.807, 2.05) is 12.1 Å². The van der Waals surface area contributed by atoms with Crippen molar-refractivity contribution in [3.05, 3.63) is 58.1 Å². The minimum Gasteiger partial charge on any atom is -0.318 e. The maximum atomic E-state index is 12.0. The number of rotatable bonds is 5. The van der Waals surface area contributed by atoms with Crippen LogP contribution in [0, 0.1) is 0 Å². The van der Waals surface area contributed by atoms with Crippen molar-refractivity contribution in [3.63, 3.8) is 0 Å². The molecule has 4 nitrogen and oxygen atoms in total. The lowest BCUT2D eigenvalue weighted by atomic mass is 10.1. The van der Waals surface area contributed by atoms with Crippen LogP contribution in [0.5, 0.6) is 0 Å². The second-order valence-electron chi connectivity index (χ2n) is 5.31. The summed E-state index contributed by atoms with van der Waals surface area (Å²) >= 11 is 11.9. The van der Waals surface area contributed by atoms with Gasteiger partial charge in [-0.15, -0.1) is 0 Å². The van der Waals surface area contributed by atoms with Crippen LogP contribution >= 0.6 is 23.2 Å². The molecule has 0 fully saturated rings. The lowest BCUT2D eigenvalue weighted by Crippen LogP contribution is -2.29. The Morgan fingerprint density at radius 3 is 2.08 bits per heavy atom. The number of anilines is 2. The van der Waals surface area contributed by atoms with E-state index in [0.717, 1.165) is 19.3 Å². The largest absolute Gasteiger partial charge is 0.318 e. The SMILES string of the molecule is CCCCc1ccc(NC(=O)C(=O)Nc2c(Cl)cccc2Cl)cc1. The van der Waals surface area contributed by atoms with E-state index in [-0.39, 0.29) is 15.7 Å². The molecule has 0 atom stereocenters. The fourth-order valence-corrected chi connectivity index (χ4v) is 2.60. The number of unbranched alkanes of at least 4 members (excludes halogenated alkanes) is 1. The van der Waals surface area contributed by atoms with Gasteiger partial charge in [0.15, 0.2) is 0 Å². The molecule has 0 aliphatic carbocycles. The predicted octanol–water partition coefficient (Wildman–Crippen LogP) is 4.91. The van der Waals surface area contributed by atoms with E-state index in [1.54, 1.807) is 30.3 Å². The zero-order chi connectivity index (χ0) is 17.5. The Kier molecular flexibility index (Phi) is 6.64. The van der Waals surface area contributed by atoms with Gasteiger partial charge in [0.1, 0.15) is 0 Å². The number of halogens is 2. The third-order valence-corrected chi connectivity index (χ3v) is 4.07. The van der Waals surface area contributed by atoms with Crippen LogP contribution in [0.3, 0.4) is 0 Å². The summed E-state index contributed by atoms with van der Waals surface area (Å²) in [6.45, 7) is 2.14. The topological polar surface area (TPSA) is 58.2 Å². The molecule has 0 saturated heterocycles. The molecule has 2 aromatic rings. The first-order valence-corrected chi connectivity index (χ1v) is 8.42. The van der Waals surface area contributed by atoms with Crippen LogP contribution in [0.15, 0.2) is 42.5 Å². The molecule has 2 aromatic carbocycles. The van der Waals surface area contributed by atoms with Crippen molar-refractivity contribution in [2.45, 2.75) is 26.2 Å². The number of para-hydroxylation sites is 1. The summed E-state index contributed by atoms with van der Waals surface area (Å²) in [5, 5.41) is 5.51. The van der Waals surface area contributed by atoms with Crippen LogP contribution in [-0.2, 0) is 16.0 Å². The normalized spacial score (nSPS) is 10.3. The number of benzene rings is 2.